The second kappa shape index (κ2) is 6.81. The molecule has 0 atom stereocenters. The minimum absolute atomic E-state index is 0.349. The molecule has 0 unspecified atom stereocenters. The fraction of sp³-hybridized carbons (Fsp3) is 0.545. The van der Waals surface area contributed by atoms with E-state index in [-0.39, 0.29) is 5.97 Å². The standard InChI is InChI=1S/C11H17NO2S2/c1-3-4-5-15-7-8-6-9(10(12)16-8)11(13)14-2/h6H,3-5,7,12H2,1-2H3. The zero-order valence-electron chi connectivity index (χ0n) is 9.62. The van der Waals surface area contributed by atoms with Crippen LogP contribution in [0.15, 0.2) is 6.07 Å². The van der Waals surface area contributed by atoms with E-state index < -0.39 is 0 Å². The van der Waals surface area contributed by atoms with Gasteiger partial charge in [-0.1, -0.05) is 13.3 Å². The summed E-state index contributed by atoms with van der Waals surface area (Å²) in [5.41, 5.74) is 6.26. The zero-order valence-corrected chi connectivity index (χ0v) is 11.2. The van der Waals surface area contributed by atoms with Crippen LogP contribution in [0.1, 0.15) is 35.0 Å². The van der Waals surface area contributed by atoms with Gasteiger partial charge in [-0.05, 0) is 18.2 Å². The van der Waals surface area contributed by atoms with Gasteiger partial charge < -0.3 is 10.5 Å². The third-order valence-corrected chi connectivity index (χ3v) is 4.34. The van der Waals surface area contributed by atoms with Crippen LogP contribution >= 0.6 is 23.1 Å². The highest BCUT2D eigenvalue weighted by Crippen LogP contribution is 2.28. The van der Waals surface area contributed by atoms with E-state index in [1.54, 1.807) is 0 Å². The summed E-state index contributed by atoms with van der Waals surface area (Å²) in [6.07, 6.45) is 2.45. The van der Waals surface area contributed by atoms with Crippen molar-refractivity contribution >= 4 is 34.1 Å². The van der Waals surface area contributed by atoms with Crippen LogP contribution in [0.4, 0.5) is 5.00 Å². The average molecular weight is 259 g/mol. The molecule has 0 aliphatic carbocycles. The van der Waals surface area contributed by atoms with Crippen LogP contribution in [0.25, 0.3) is 0 Å². The molecule has 1 heterocycles. The van der Waals surface area contributed by atoms with Gasteiger partial charge in [-0.15, -0.1) is 11.3 Å². The second-order valence-corrected chi connectivity index (χ2v) is 5.66. The normalized spacial score (nSPS) is 10.4. The van der Waals surface area contributed by atoms with Crippen molar-refractivity contribution in [1.29, 1.82) is 0 Å². The van der Waals surface area contributed by atoms with Crippen LogP contribution in [-0.2, 0) is 10.5 Å². The van der Waals surface area contributed by atoms with Crippen molar-refractivity contribution in [3.8, 4) is 0 Å². The Labute approximate surface area is 104 Å². The zero-order chi connectivity index (χ0) is 12.0. The highest BCUT2D eigenvalue weighted by Gasteiger charge is 2.13. The lowest BCUT2D eigenvalue weighted by atomic mass is 10.3. The first-order valence-electron chi connectivity index (χ1n) is 5.23. The molecule has 0 saturated carbocycles. The Morgan fingerprint density at radius 2 is 2.38 bits per heavy atom. The first kappa shape index (κ1) is 13.4. The van der Waals surface area contributed by atoms with Gasteiger partial charge in [0.25, 0.3) is 0 Å². The van der Waals surface area contributed by atoms with E-state index in [9.17, 15) is 4.79 Å². The molecule has 0 amide bonds. The van der Waals surface area contributed by atoms with Gasteiger partial charge in [-0.3, -0.25) is 0 Å². The monoisotopic (exact) mass is 259 g/mol. The van der Waals surface area contributed by atoms with Crippen molar-refractivity contribution in [2.24, 2.45) is 0 Å². The molecule has 0 fully saturated rings. The average Bonchev–Trinajstić information content (AvgIpc) is 2.65. The van der Waals surface area contributed by atoms with Gasteiger partial charge in [-0.2, -0.15) is 11.8 Å². The first-order valence-corrected chi connectivity index (χ1v) is 7.20. The Hall–Kier alpha value is -0.680. The Morgan fingerprint density at radius 3 is 3.00 bits per heavy atom. The largest absolute Gasteiger partial charge is 0.465 e. The molecule has 0 aromatic carbocycles. The van der Waals surface area contributed by atoms with E-state index in [0.717, 1.165) is 16.4 Å². The molecular weight excluding hydrogens is 242 g/mol. The molecule has 5 heteroatoms. The third-order valence-electron chi connectivity index (χ3n) is 2.10. The number of carbonyl (C=O) groups excluding carboxylic acids is 1. The van der Waals surface area contributed by atoms with E-state index in [0.29, 0.717) is 10.6 Å². The summed E-state index contributed by atoms with van der Waals surface area (Å²) in [6, 6.07) is 1.84. The molecule has 3 nitrogen and oxygen atoms in total. The SMILES string of the molecule is CCCCSCc1cc(C(=O)OC)c(N)s1. The van der Waals surface area contributed by atoms with Gasteiger partial charge in [0.05, 0.1) is 12.7 Å². The molecule has 0 aliphatic heterocycles. The van der Waals surface area contributed by atoms with Crippen molar-refractivity contribution in [1.82, 2.24) is 0 Å². The second-order valence-electron chi connectivity index (χ2n) is 3.39. The first-order chi connectivity index (χ1) is 7.69. The van der Waals surface area contributed by atoms with Gasteiger partial charge in [0.2, 0.25) is 0 Å². The number of unbranched alkanes of at least 4 members (excludes halogenated alkanes) is 1. The van der Waals surface area contributed by atoms with Crippen LogP contribution < -0.4 is 5.73 Å². The van der Waals surface area contributed by atoms with Crippen LogP contribution in [0, 0.1) is 0 Å². The number of hydrogen-bond donors (Lipinski definition) is 1. The Kier molecular flexibility index (Phi) is 5.69. The Morgan fingerprint density at radius 1 is 1.62 bits per heavy atom. The smallest absolute Gasteiger partial charge is 0.340 e. The maximum atomic E-state index is 11.3. The van der Waals surface area contributed by atoms with E-state index in [1.165, 1.54) is 31.3 Å². The van der Waals surface area contributed by atoms with Crippen LogP contribution in [0.5, 0.6) is 0 Å². The van der Waals surface area contributed by atoms with Crippen LogP contribution in [0.2, 0.25) is 0 Å². The molecule has 90 valence electrons. The molecule has 16 heavy (non-hydrogen) atoms. The highest BCUT2D eigenvalue weighted by atomic mass is 32.2. The summed E-state index contributed by atoms with van der Waals surface area (Å²) in [6.45, 7) is 2.18. The molecular formula is C11H17NO2S2. The molecule has 0 radical (unpaired) electrons. The number of nitrogens with two attached hydrogens (primary N) is 1. The van der Waals surface area contributed by atoms with Crippen LogP contribution in [-0.4, -0.2) is 18.8 Å². The summed E-state index contributed by atoms with van der Waals surface area (Å²) >= 11 is 3.35. The molecule has 1 rings (SSSR count). The Bertz CT molecular complexity index is 350. The molecule has 1 aromatic rings. The lowest BCUT2D eigenvalue weighted by molar-refractivity contribution is 0.0602. The number of hydrogen-bond acceptors (Lipinski definition) is 5. The van der Waals surface area contributed by atoms with Crippen molar-refractivity contribution < 1.29 is 9.53 Å². The molecule has 0 saturated heterocycles. The quantitative estimate of drug-likeness (QED) is 0.630. The van der Waals surface area contributed by atoms with E-state index >= 15 is 0 Å². The topological polar surface area (TPSA) is 52.3 Å². The lowest BCUT2D eigenvalue weighted by Crippen LogP contribution is -2.01. The fourth-order valence-electron chi connectivity index (χ4n) is 1.22. The van der Waals surface area contributed by atoms with Crippen LogP contribution in [0.3, 0.4) is 0 Å². The maximum absolute atomic E-state index is 11.3. The van der Waals surface area contributed by atoms with Gasteiger partial charge in [-0.25, -0.2) is 4.79 Å². The van der Waals surface area contributed by atoms with Crippen molar-refractivity contribution in [2.45, 2.75) is 25.5 Å². The number of ether oxygens (including phenoxy) is 1. The minimum atomic E-state index is -0.349. The lowest BCUT2D eigenvalue weighted by Gasteiger charge is -1.96. The number of thioether (sulfide) groups is 1. The van der Waals surface area contributed by atoms with Crippen molar-refractivity contribution in [3.63, 3.8) is 0 Å². The van der Waals surface area contributed by atoms with Crippen molar-refractivity contribution in [2.75, 3.05) is 18.6 Å². The third kappa shape index (κ3) is 3.72. The predicted molar refractivity (Wildman–Crippen MR) is 71.1 cm³/mol. The number of thiophene rings is 1. The van der Waals surface area contributed by atoms with Crippen molar-refractivity contribution in [3.05, 3.63) is 16.5 Å². The fourth-order valence-corrected chi connectivity index (χ4v) is 3.34. The van der Waals surface area contributed by atoms with Gasteiger partial charge in [0.1, 0.15) is 5.00 Å². The summed E-state index contributed by atoms with van der Waals surface area (Å²) in [5.74, 6) is 1.73. The highest BCUT2D eigenvalue weighted by molar-refractivity contribution is 7.98. The molecule has 0 aliphatic rings. The van der Waals surface area contributed by atoms with E-state index in [2.05, 4.69) is 11.7 Å². The number of rotatable bonds is 6. The molecule has 0 spiro atoms. The van der Waals surface area contributed by atoms with E-state index in [4.69, 9.17) is 5.73 Å². The summed E-state index contributed by atoms with van der Waals surface area (Å²) < 4.78 is 4.65. The number of carbonyl (C=O) groups is 1. The molecule has 2 N–H and O–H groups in total. The van der Waals surface area contributed by atoms with Gasteiger partial charge in [0, 0.05) is 10.6 Å². The summed E-state index contributed by atoms with van der Waals surface area (Å²) in [5, 5.41) is 0.554. The van der Waals surface area contributed by atoms with E-state index in [1.807, 2.05) is 17.8 Å². The molecule has 0 bridgehead atoms. The number of anilines is 1. The number of methoxy groups -OCH3 is 1. The number of esters is 1. The summed E-state index contributed by atoms with van der Waals surface area (Å²) in [4.78, 5) is 12.5. The summed E-state index contributed by atoms with van der Waals surface area (Å²) in [7, 11) is 1.37. The maximum Gasteiger partial charge on any atom is 0.340 e. The van der Waals surface area contributed by atoms with Gasteiger partial charge in [0.15, 0.2) is 0 Å². The predicted octanol–water partition coefficient (Wildman–Crippen LogP) is 3.15. The van der Waals surface area contributed by atoms with Gasteiger partial charge >= 0.3 is 5.97 Å². The minimum Gasteiger partial charge on any atom is -0.465 e. The molecule has 1 aromatic heterocycles. The number of nitrogen functional groups attached to an aromatic ring is 1. The Balaban J connectivity index is 2.52.